The summed E-state index contributed by atoms with van der Waals surface area (Å²) in [6.45, 7) is 0.569. The van der Waals surface area contributed by atoms with Gasteiger partial charge in [0.2, 0.25) is 0 Å². The Kier molecular flexibility index (Phi) is 2.09. The summed E-state index contributed by atoms with van der Waals surface area (Å²) in [4.78, 5) is 4.07. The van der Waals surface area contributed by atoms with E-state index in [-0.39, 0.29) is 6.01 Å². The first kappa shape index (κ1) is 7.99. The maximum atomic E-state index is 5.23. The molecule has 0 aliphatic rings. The van der Waals surface area contributed by atoms with Gasteiger partial charge in [-0.15, -0.1) is 11.3 Å². The van der Waals surface area contributed by atoms with E-state index in [1.165, 1.54) is 0 Å². The topological polar surface area (TPSA) is 89.9 Å². The number of nitrogens with one attached hydrogen (secondary N) is 1. The van der Waals surface area contributed by atoms with Crippen LogP contribution in [0, 0.1) is 0 Å². The first-order valence-electron chi connectivity index (χ1n) is 3.56. The van der Waals surface area contributed by atoms with Crippen LogP contribution in [0.3, 0.4) is 0 Å². The van der Waals surface area contributed by atoms with Crippen molar-refractivity contribution in [2.75, 3.05) is 11.1 Å². The standard InChI is InChI=1S/C6H7N5OS/c7-5-10-11-6(12-5)9-3-4-8-1-2-13-4/h1-2H,3H2,(H2,7,10)(H,9,11). The largest absolute Gasteiger partial charge is 0.390 e. The van der Waals surface area contributed by atoms with Crippen molar-refractivity contribution in [3.05, 3.63) is 16.6 Å². The minimum Gasteiger partial charge on any atom is -0.390 e. The zero-order chi connectivity index (χ0) is 9.10. The fourth-order valence-electron chi connectivity index (χ4n) is 0.798. The Bertz CT molecular complexity index is 370. The molecule has 2 aromatic rings. The molecule has 0 radical (unpaired) electrons. The van der Waals surface area contributed by atoms with Gasteiger partial charge in [0.15, 0.2) is 0 Å². The van der Waals surface area contributed by atoms with Crippen molar-refractivity contribution in [1.29, 1.82) is 0 Å². The lowest BCUT2D eigenvalue weighted by Gasteiger charge is -1.94. The first-order valence-corrected chi connectivity index (χ1v) is 4.44. The fourth-order valence-corrected chi connectivity index (χ4v) is 1.35. The van der Waals surface area contributed by atoms with E-state index in [0.717, 1.165) is 5.01 Å². The second-order valence-electron chi connectivity index (χ2n) is 2.22. The normalized spacial score (nSPS) is 10.2. The lowest BCUT2D eigenvalue weighted by atomic mass is 10.7. The molecule has 0 aromatic carbocycles. The second kappa shape index (κ2) is 3.40. The number of aromatic nitrogens is 3. The molecule has 0 atom stereocenters. The number of anilines is 2. The van der Waals surface area contributed by atoms with Gasteiger partial charge in [0.1, 0.15) is 5.01 Å². The van der Waals surface area contributed by atoms with E-state index in [0.29, 0.717) is 12.6 Å². The molecule has 0 saturated carbocycles. The number of thiazole rings is 1. The average Bonchev–Trinajstić information content (AvgIpc) is 2.71. The van der Waals surface area contributed by atoms with Crippen molar-refractivity contribution in [2.45, 2.75) is 6.54 Å². The van der Waals surface area contributed by atoms with Crippen molar-refractivity contribution >= 4 is 23.4 Å². The van der Waals surface area contributed by atoms with Gasteiger partial charge in [-0.1, -0.05) is 10.2 Å². The number of nitrogens with zero attached hydrogens (tertiary/aromatic N) is 3. The van der Waals surface area contributed by atoms with E-state index in [1.54, 1.807) is 17.5 Å². The van der Waals surface area contributed by atoms with E-state index in [4.69, 9.17) is 10.2 Å². The van der Waals surface area contributed by atoms with Crippen LogP contribution in [0.4, 0.5) is 12.0 Å². The predicted molar refractivity (Wildman–Crippen MR) is 48.2 cm³/mol. The van der Waals surface area contributed by atoms with Crippen LogP contribution in [0.2, 0.25) is 0 Å². The molecule has 0 amide bonds. The van der Waals surface area contributed by atoms with Gasteiger partial charge >= 0.3 is 12.0 Å². The Morgan fingerprint density at radius 3 is 3.08 bits per heavy atom. The van der Waals surface area contributed by atoms with Crippen LogP contribution in [-0.4, -0.2) is 15.2 Å². The van der Waals surface area contributed by atoms with Crippen LogP contribution >= 0.6 is 11.3 Å². The summed E-state index contributed by atoms with van der Waals surface area (Å²) in [5.41, 5.74) is 5.23. The van der Waals surface area contributed by atoms with Crippen molar-refractivity contribution in [3.63, 3.8) is 0 Å². The van der Waals surface area contributed by atoms with Gasteiger partial charge in [0, 0.05) is 11.6 Å². The van der Waals surface area contributed by atoms with Gasteiger partial charge < -0.3 is 15.5 Å². The molecule has 0 aliphatic heterocycles. The van der Waals surface area contributed by atoms with Crippen LogP contribution in [0.15, 0.2) is 16.0 Å². The lowest BCUT2D eigenvalue weighted by molar-refractivity contribution is 0.586. The summed E-state index contributed by atoms with van der Waals surface area (Å²) in [6, 6.07) is 0.370. The van der Waals surface area contributed by atoms with Crippen LogP contribution in [0.5, 0.6) is 0 Å². The van der Waals surface area contributed by atoms with Crippen LogP contribution in [0.25, 0.3) is 0 Å². The second-order valence-corrected chi connectivity index (χ2v) is 3.20. The average molecular weight is 197 g/mol. The van der Waals surface area contributed by atoms with Gasteiger partial charge in [0.05, 0.1) is 6.54 Å². The molecule has 2 rings (SSSR count). The molecule has 0 unspecified atom stereocenters. The third-order valence-electron chi connectivity index (χ3n) is 1.31. The minimum atomic E-state index is 0.0571. The zero-order valence-electron chi connectivity index (χ0n) is 6.60. The molecule has 0 saturated heterocycles. The third kappa shape index (κ3) is 1.94. The molecule has 7 heteroatoms. The summed E-state index contributed by atoms with van der Waals surface area (Å²) >= 11 is 1.55. The summed E-state index contributed by atoms with van der Waals surface area (Å²) < 4.78 is 4.90. The highest BCUT2D eigenvalue weighted by molar-refractivity contribution is 7.09. The number of rotatable bonds is 3. The van der Waals surface area contributed by atoms with Crippen molar-refractivity contribution in [2.24, 2.45) is 0 Å². The zero-order valence-corrected chi connectivity index (χ0v) is 7.41. The highest BCUT2D eigenvalue weighted by Crippen LogP contribution is 2.09. The monoisotopic (exact) mass is 197 g/mol. The number of hydrogen-bond donors (Lipinski definition) is 2. The molecule has 2 heterocycles. The third-order valence-corrected chi connectivity index (χ3v) is 2.09. The number of nitrogens with two attached hydrogens (primary N) is 1. The van der Waals surface area contributed by atoms with Crippen molar-refractivity contribution < 1.29 is 4.42 Å². The Labute approximate surface area is 77.8 Å². The molecule has 2 aromatic heterocycles. The highest BCUT2D eigenvalue weighted by atomic mass is 32.1. The van der Waals surface area contributed by atoms with E-state index < -0.39 is 0 Å². The van der Waals surface area contributed by atoms with Gasteiger partial charge in [-0.25, -0.2) is 4.98 Å². The molecule has 0 spiro atoms. The van der Waals surface area contributed by atoms with E-state index in [9.17, 15) is 0 Å². The number of hydrogen-bond acceptors (Lipinski definition) is 7. The Morgan fingerprint density at radius 1 is 1.54 bits per heavy atom. The van der Waals surface area contributed by atoms with Crippen LogP contribution in [-0.2, 0) is 6.54 Å². The minimum absolute atomic E-state index is 0.0571. The molecule has 68 valence electrons. The first-order chi connectivity index (χ1) is 6.34. The molecule has 0 fully saturated rings. The van der Waals surface area contributed by atoms with Crippen LogP contribution < -0.4 is 11.1 Å². The highest BCUT2D eigenvalue weighted by Gasteiger charge is 2.01. The van der Waals surface area contributed by atoms with Crippen molar-refractivity contribution in [1.82, 2.24) is 15.2 Å². The van der Waals surface area contributed by atoms with Gasteiger partial charge in [-0.2, -0.15) is 0 Å². The molecule has 3 N–H and O–H groups in total. The summed E-state index contributed by atoms with van der Waals surface area (Å²) in [7, 11) is 0. The smallest absolute Gasteiger partial charge is 0.317 e. The predicted octanol–water partition coefficient (Wildman–Crippen LogP) is 0.720. The Balaban J connectivity index is 1.93. The van der Waals surface area contributed by atoms with Gasteiger partial charge in [-0.05, 0) is 0 Å². The van der Waals surface area contributed by atoms with E-state index >= 15 is 0 Å². The summed E-state index contributed by atoms with van der Waals surface area (Å²) in [5, 5.41) is 12.9. The molecular weight excluding hydrogens is 190 g/mol. The Morgan fingerprint density at radius 2 is 2.46 bits per heavy atom. The lowest BCUT2D eigenvalue weighted by Crippen LogP contribution is -1.98. The van der Waals surface area contributed by atoms with Gasteiger partial charge in [-0.3, -0.25) is 0 Å². The fraction of sp³-hybridized carbons (Fsp3) is 0.167. The molecule has 0 bridgehead atoms. The molecular formula is C6H7N5OS. The molecule has 6 nitrogen and oxygen atoms in total. The maximum Gasteiger partial charge on any atom is 0.317 e. The molecule has 0 aliphatic carbocycles. The molecule has 13 heavy (non-hydrogen) atoms. The van der Waals surface area contributed by atoms with Crippen molar-refractivity contribution in [3.8, 4) is 0 Å². The quantitative estimate of drug-likeness (QED) is 0.753. The van der Waals surface area contributed by atoms with Crippen LogP contribution in [0.1, 0.15) is 5.01 Å². The summed E-state index contributed by atoms with van der Waals surface area (Å²) in [5.74, 6) is 0. The van der Waals surface area contributed by atoms with E-state index in [1.807, 2.05) is 5.38 Å². The number of nitrogen functional groups attached to an aromatic ring is 1. The van der Waals surface area contributed by atoms with E-state index in [2.05, 4.69) is 20.5 Å². The SMILES string of the molecule is Nc1nnc(NCc2nccs2)o1. The maximum absolute atomic E-state index is 5.23. The summed E-state index contributed by atoms with van der Waals surface area (Å²) in [6.07, 6.45) is 1.74. The van der Waals surface area contributed by atoms with Gasteiger partial charge in [0.25, 0.3) is 0 Å². The Hall–Kier alpha value is -1.63.